The molecule has 3 heterocycles. The number of methoxy groups -OCH3 is 1. The number of hydrogen-bond donors (Lipinski definition) is 3. The molecule has 2 aromatic carbocycles. The van der Waals surface area contributed by atoms with Gasteiger partial charge in [-0.05, 0) is 19.1 Å². The normalized spacial score (nSPS) is 29.8. The molecule has 3 N–H and O–H groups in total. The Morgan fingerprint density at radius 3 is 2.55 bits per heavy atom. The van der Waals surface area contributed by atoms with Gasteiger partial charge in [0.05, 0.1) is 31.6 Å². The average Bonchev–Trinajstić information content (AvgIpc) is 3.35. The van der Waals surface area contributed by atoms with Gasteiger partial charge in [-0.2, -0.15) is 0 Å². The van der Waals surface area contributed by atoms with Crippen LogP contribution in [0.25, 0.3) is 0 Å². The van der Waals surface area contributed by atoms with Crippen molar-refractivity contribution < 1.29 is 24.2 Å². The number of anilines is 1. The van der Waals surface area contributed by atoms with Crippen LogP contribution >= 0.6 is 0 Å². The molecule has 1 spiro atoms. The minimum absolute atomic E-state index is 0.0422. The van der Waals surface area contributed by atoms with Crippen LogP contribution in [0.15, 0.2) is 48.5 Å². The molecule has 2 aromatic rings. The van der Waals surface area contributed by atoms with Crippen LogP contribution in [0.1, 0.15) is 18.1 Å². The molecule has 0 aliphatic carbocycles. The molecule has 0 radical (unpaired) electrons. The van der Waals surface area contributed by atoms with Gasteiger partial charge in [0, 0.05) is 22.9 Å². The van der Waals surface area contributed by atoms with Gasteiger partial charge in [-0.15, -0.1) is 0 Å². The molecule has 5 atom stereocenters. The highest BCUT2D eigenvalue weighted by molar-refractivity contribution is 6.15. The Balaban J connectivity index is 1.60. The molecule has 5 rings (SSSR count). The van der Waals surface area contributed by atoms with Crippen molar-refractivity contribution in [3.63, 3.8) is 0 Å². The van der Waals surface area contributed by atoms with Gasteiger partial charge in [0.2, 0.25) is 17.7 Å². The first kappa shape index (κ1) is 19.7. The SMILES string of the molecule is COc1ccccc1CN1C(=O)[C@@H]2C(C(C)O)NC3(C(=O)Nc4ccccc43)[C@@H]2C1=O. The number of rotatable bonds is 4. The van der Waals surface area contributed by atoms with E-state index in [9.17, 15) is 19.5 Å². The van der Waals surface area contributed by atoms with Crippen molar-refractivity contribution in [2.75, 3.05) is 12.4 Å². The first-order valence-corrected chi connectivity index (χ1v) is 10.2. The van der Waals surface area contributed by atoms with Gasteiger partial charge in [0.1, 0.15) is 11.3 Å². The van der Waals surface area contributed by atoms with E-state index in [0.29, 0.717) is 22.6 Å². The van der Waals surface area contributed by atoms with E-state index in [1.54, 1.807) is 43.3 Å². The van der Waals surface area contributed by atoms with Gasteiger partial charge in [0.15, 0.2) is 0 Å². The molecule has 8 nitrogen and oxygen atoms in total. The highest BCUT2D eigenvalue weighted by atomic mass is 16.5. The van der Waals surface area contributed by atoms with Crippen molar-refractivity contribution in [2.45, 2.75) is 31.2 Å². The van der Waals surface area contributed by atoms with Crippen molar-refractivity contribution >= 4 is 23.4 Å². The summed E-state index contributed by atoms with van der Waals surface area (Å²) < 4.78 is 5.37. The minimum atomic E-state index is -1.40. The Morgan fingerprint density at radius 1 is 1.10 bits per heavy atom. The van der Waals surface area contributed by atoms with E-state index in [1.807, 2.05) is 12.1 Å². The lowest BCUT2D eigenvalue weighted by molar-refractivity contribution is -0.143. The van der Waals surface area contributed by atoms with E-state index in [4.69, 9.17) is 4.74 Å². The maximum atomic E-state index is 13.6. The fraction of sp³-hybridized carbons (Fsp3) is 0.348. The highest BCUT2D eigenvalue weighted by Gasteiger charge is 2.71. The molecule has 160 valence electrons. The summed E-state index contributed by atoms with van der Waals surface area (Å²) in [5.74, 6) is -2.43. The van der Waals surface area contributed by atoms with E-state index >= 15 is 0 Å². The van der Waals surface area contributed by atoms with Crippen LogP contribution in [-0.2, 0) is 26.5 Å². The lowest BCUT2D eigenvalue weighted by Gasteiger charge is -2.30. The second-order valence-electron chi connectivity index (χ2n) is 8.30. The molecule has 8 heteroatoms. The van der Waals surface area contributed by atoms with Gasteiger partial charge >= 0.3 is 0 Å². The molecular formula is C23H23N3O5. The Kier molecular flexibility index (Phi) is 4.39. The standard InChI is InChI=1S/C23H23N3O5/c1-12(27)19-17-18(23(25-19)14-8-4-5-9-15(14)24-22(23)30)21(29)26(20(17)28)11-13-7-3-6-10-16(13)31-2/h3-10,12,17-19,25,27H,11H2,1-2H3,(H,24,30)/t12?,17-,18-,19?,23?/m0/s1. The van der Waals surface area contributed by atoms with E-state index in [2.05, 4.69) is 10.6 Å². The fourth-order valence-electron chi connectivity index (χ4n) is 5.32. The zero-order chi connectivity index (χ0) is 21.9. The largest absolute Gasteiger partial charge is 0.496 e. The number of carbonyl (C=O) groups is 3. The summed E-state index contributed by atoms with van der Waals surface area (Å²) in [7, 11) is 1.53. The monoisotopic (exact) mass is 421 g/mol. The fourth-order valence-corrected chi connectivity index (χ4v) is 5.32. The number of hydrogen-bond acceptors (Lipinski definition) is 6. The summed E-state index contributed by atoms with van der Waals surface area (Å²) in [5.41, 5.74) is 0.524. The summed E-state index contributed by atoms with van der Waals surface area (Å²) in [4.78, 5) is 41.5. The molecule has 0 aromatic heterocycles. The number of nitrogens with zero attached hydrogens (tertiary/aromatic N) is 1. The summed E-state index contributed by atoms with van der Waals surface area (Å²) in [6.07, 6.45) is -0.935. The van der Waals surface area contributed by atoms with Gasteiger partial charge in [-0.3, -0.25) is 24.6 Å². The Labute approximate surface area is 179 Å². The van der Waals surface area contributed by atoms with Crippen LogP contribution in [0, 0.1) is 11.8 Å². The van der Waals surface area contributed by atoms with Gasteiger partial charge < -0.3 is 15.2 Å². The maximum absolute atomic E-state index is 13.6. The third kappa shape index (κ3) is 2.58. The van der Waals surface area contributed by atoms with Crippen LogP contribution in [-0.4, -0.2) is 47.0 Å². The van der Waals surface area contributed by atoms with Crippen LogP contribution in [0.3, 0.4) is 0 Å². The number of para-hydroxylation sites is 2. The van der Waals surface area contributed by atoms with E-state index in [0.717, 1.165) is 0 Å². The van der Waals surface area contributed by atoms with Crippen molar-refractivity contribution in [1.29, 1.82) is 0 Å². The number of fused-ring (bicyclic) bond motifs is 4. The summed E-state index contributed by atoms with van der Waals surface area (Å²) >= 11 is 0. The maximum Gasteiger partial charge on any atom is 0.250 e. The van der Waals surface area contributed by atoms with Gasteiger partial charge in [-0.1, -0.05) is 36.4 Å². The molecular weight excluding hydrogens is 398 g/mol. The number of ether oxygens (including phenoxy) is 1. The molecule has 0 saturated carbocycles. The van der Waals surface area contributed by atoms with Crippen molar-refractivity contribution in [2.24, 2.45) is 11.8 Å². The Hall–Kier alpha value is -3.23. The molecule has 0 bridgehead atoms. The van der Waals surface area contributed by atoms with Crippen molar-refractivity contribution in [3.8, 4) is 5.75 Å². The van der Waals surface area contributed by atoms with E-state index in [-0.39, 0.29) is 12.5 Å². The third-order valence-electron chi connectivity index (χ3n) is 6.69. The number of nitrogens with one attached hydrogen (secondary N) is 2. The Morgan fingerprint density at radius 2 is 1.81 bits per heavy atom. The molecule has 31 heavy (non-hydrogen) atoms. The van der Waals surface area contributed by atoms with Crippen LogP contribution in [0.5, 0.6) is 5.75 Å². The number of aliphatic hydroxyl groups excluding tert-OH is 1. The Bertz CT molecular complexity index is 1100. The number of imide groups is 1. The molecule has 2 fully saturated rings. The van der Waals surface area contributed by atoms with Crippen LogP contribution in [0.2, 0.25) is 0 Å². The lowest BCUT2D eigenvalue weighted by Crippen LogP contribution is -2.54. The van der Waals surface area contributed by atoms with Gasteiger partial charge in [0.25, 0.3) is 0 Å². The highest BCUT2D eigenvalue weighted by Crippen LogP contribution is 2.53. The van der Waals surface area contributed by atoms with E-state index in [1.165, 1.54) is 12.0 Å². The second kappa shape index (κ2) is 6.90. The summed E-state index contributed by atoms with van der Waals surface area (Å²) in [6, 6.07) is 13.6. The summed E-state index contributed by atoms with van der Waals surface area (Å²) in [6.45, 7) is 1.60. The number of aliphatic hydroxyl groups is 1. The van der Waals surface area contributed by atoms with Crippen molar-refractivity contribution in [1.82, 2.24) is 10.2 Å². The van der Waals surface area contributed by atoms with Gasteiger partial charge in [-0.25, -0.2) is 0 Å². The second-order valence-corrected chi connectivity index (χ2v) is 8.30. The number of carbonyl (C=O) groups excluding carboxylic acids is 3. The number of amides is 3. The lowest BCUT2D eigenvalue weighted by atomic mass is 9.76. The zero-order valence-corrected chi connectivity index (χ0v) is 17.2. The first-order chi connectivity index (χ1) is 14.9. The third-order valence-corrected chi connectivity index (χ3v) is 6.69. The van der Waals surface area contributed by atoms with Crippen LogP contribution < -0.4 is 15.4 Å². The predicted molar refractivity (Wildman–Crippen MR) is 111 cm³/mol. The quantitative estimate of drug-likeness (QED) is 0.636. The zero-order valence-electron chi connectivity index (χ0n) is 17.2. The predicted octanol–water partition coefficient (Wildman–Crippen LogP) is 0.997. The molecule has 3 aliphatic heterocycles. The molecule has 3 aliphatic rings. The minimum Gasteiger partial charge on any atom is -0.496 e. The number of benzene rings is 2. The van der Waals surface area contributed by atoms with E-state index < -0.39 is 41.3 Å². The average molecular weight is 421 g/mol. The molecule has 2 saturated heterocycles. The van der Waals surface area contributed by atoms with Crippen molar-refractivity contribution in [3.05, 3.63) is 59.7 Å². The van der Waals surface area contributed by atoms with Crippen LogP contribution in [0.4, 0.5) is 5.69 Å². The smallest absolute Gasteiger partial charge is 0.250 e. The summed E-state index contributed by atoms with van der Waals surface area (Å²) in [5, 5.41) is 16.5. The number of likely N-dealkylation sites (tertiary alicyclic amines) is 1. The molecule has 3 unspecified atom stereocenters. The molecule has 3 amide bonds. The topological polar surface area (TPSA) is 108 Å². The first-order valence-electron chi connectivity index (χ1n) is 10.2.